The van der Waals surface area contributed by atoms with Gasteiger partial charge in [0, 0.05) is 24.8 Å². The quantitative estimate of drug-likeness (QED) is 0.875. The zero-order chi connectivity index (χ0) is 15.5. The van der Waals surface area contributed by atoms with Crippen LogP contribution in [0, 0.1) is 6.92 Å². The molecule has 1 fully saturated rings. The predicted octanol–water partition coefficient (Wildman–Crippen LogP) is 2.82. The second-order valence-electron chi connectivity index (χ2n) is 5.64. The summed E-state index contributed by atoms with van der Waals surface area (Å²) in [5.41, 5.74) is 2.35. The van der Waals surface area contributed by atoms with Crippen LogP contribution in [0.1, 0.15) is 35.4 Å². The molecule has 0 bridgehead atoms. The van der Waals surface area contributed by atoms with Crippen LogP contribution in [0.3, 0.4) is 0 Å². The Bertz CT molecular complexity index is 672. The lowest BCUT2D eigenvalue weighted by Crippen LogP contribution is -2.35. The molecule has 5 nitrogen and oxygen atoms in total. The van der Waals surface area contributed by atoms with Crippen LogP contribution in [0.5, 0.6) is 5.75 Å². The number of methoxy groups -OCH3 is 1. The van der Waals surface area contributed by atoms with Crippen LogP contribution in [0.2, 0.25) is 0 Å². The van der Waals surface area contributed by atoms with Gasteiger partial charge in [0.25, 0.3) is 5.91 Å². The van der Waals surface area contributed by atoms with Crippen LogP contribution in [-0.2, 0) is 0 Å². The number of amides is 1. The summed E-state index contributed by atoms with van der Waals surface area (Å²) in [5.74, 6) is 0.806. The van der Waals surface area contributed by atoms with Gasteiger partial charge in [-0.25, -0.2) is 4.68 Å². The van der Waals surface area contributed by atoms with E-state index in [1.165, 1.54) is 6.42 Å². The highest BCUT2D eigenvalue weighted by Gasteiger charge is 2.21. The highest BCUT2D eigenvalue weighted by Crippen LogP contribution is 2.19. The Morgan fingerprint density at radius 1 is 1.18 bits per heavy atom. The fourth-order valence-electron chi connectivity index (χ4n) is 2.84. The molecule has 2 aromatic rings. The number of ether oxygens (including phenoxy) is 1. The Labute approximate surface area is 130 Å². The normalized spacial score (nSPS) is 14.9. The van der Waals surface area contributed by atoms with Crippen molar-refractivity contribution < 1.29 is 9.53 Å². The van der Waals surface area contributed by atoms with E-state index < -0.39 is 0 Å². The Balaban J connectivity index is 1.88. The third kappa shape index (κ3) is 2.84. The van der Waals surface area contributed by atoms with E-state index in [4.69, 9.17) is 4.74 Å². The lowest BCUT2D eigenvalue weighted by atomic mass is 10.1. The van der Waals surface area contributed by atoms with Crippen molar-refractivity contribution in [1.29, 1.82) is 0 Å². The predicted molar refractivity (Wildman–Crippen MR) is 84.6 cm³/mol. The average molecular weight is 299 g/mol. The van der Waals surface area contributed by atoms with Crippen LogP contribution in [0.25, 0.3) is 5.69 Å². The minimum atomic E-state index is 0.0319. The van der Waals surface area contributed by atoms with Crippen molar-refractivity contribution in [1.82, 2.24) is 14.7 Å². The molecule has 1 saturated heterocycles. The van der Waals surface area contributed by atoms with E-state index in [1.54, 1.807) is 11.8 Å². The maximum absolute atomic E-state index is 12.5. The van der Waals surface area contributed by atoms with E-state index in [0.717, 1.165) is 43.1 Å². The zero-order valence-corrected chi connectivity index (χ0v) is 13.1. The number of piperidine rings is 1. The topological polar surface area (TPSA) is 47.4 Å². The van der Waals surface area contributed by atoms with E-state index in [-0.39, 0.29) is 5.91 Å². The van der Waals surface area contributed by atoms with Gasteiger partial charge in [0.2, 0.25) is 0 Å². The maximum atomic E-state index is 12.5. The molecule has 0 unspecified atom stereocenters. The first-order valence-corrected chi connectivity index (χ1v) is 7.69. The SMILES string of the molecule is COc1cccc(-n2nc(C(=O)N3CCCCC3)cc2C)c1. The molecule has 1 aromatic heterocycles. The zero-order valence-electron chi connectivity index (χ0n) is 13.1. The fourth-order valence-corrected chi connectivity index (χ4v) is 2.84. The van der Waals surface area contributed by atoms with Gasteiger partial charge in [-0.1, -0.05) is 6.07 Å². The van der Waals surface area contributed by atoms with Crippen LogP contribution in [-0.4, -0.2) is 40.8 Å². The Morgan fingerprint density at radius 3 is 2.68 bits per heavy atom. The largest absolute Gasteiger partial charge is 0.497 e. The van der Waals surface area contributed by atoms with Crippen molar-refractivity contribution in [2.24, 2.45) is 0 Å². The summed E-state index contributed by atoms with van der Waals surface area (Å²) in [4.78, 5) is 14.4. The van der Waals surface area contributed by atoms with Gasteiger partial charge in [-0.2, -0.15) is 5.10 Å². The van der Waals surface area contributed by atoms with Gasteiger partial charge in [-0.05, 0) is 44.4 Å². The number of nitrogens with zero attached hydrogens (tertiary/aromatic N) is 3. The highest BCUT2D eigenvalue weighted by atomic mass is 16.5. The van der Waals surface area contributed by atoms with E-state index in [1.807, 2.05) is 42.2 Å². The first-order valence-electron chi connectivity index (χ1n) is 7.69. The second kappa shape index (κ2) is 6.22. The second-order valence-corrected chi connectivity index (χ2v) is 5.64. The van der Waals surface area contributed by atoms with Crippen LogP contribution in [0.4, 0.5) is 0 Å². The van der Waals surface area contributed by atoms with Gasteiger partial charge in [0.1, 0.15) is 5.75 Å². The van der Waals surface area contributed by atoms with Crippen molar-refractivity contribution in [3.63, 3.8) is 0 Å². The van der Waals surface area contributed by atoms with Gasteiger partial charge >= 0.3 is 0 Å². The van der Waals surface area contributed by atoms with E-state index in [9.17, 15) is 4.79 Å². The number of likely N-dealkylation sites (tertiary alicyclic amines) is 1. The van der Waals surface area contributed by atoms with Gasteiger partial charge in [-0.3, -0.25) is 4.79 Å². The maximum Gasteiger partial charge on any atom is 0.274 e. The van der Waals surface area contributed by atoms with Crippen molar-refractivity contribution in [3.8, 4) is 11.4 Å². The third-order valence-electron chi connectivity index (χ3n) is 4.05. The average Bonchev–Trinajstić information content (AvgIpc) is 2.97. The van der Waals surface area contributed by atoms with Crippen molar-refractivity contribution in [2.45, 2.75) is 26.2 Å². The lowest BCUT2D eigenvalue weighted by Gasteiger charge is -2.25. The molecular formula is C17H21N3O2. The number of aromatic nitrogens is 2. The first-order chi connectivity index (χ1) is 10.7. The molecular weight excluding hydrogens is 278 g/mol. The molecule has 0 radical (unpaired) electrons. The summed E-state index contributed by atoms with van der Waals surface area (Å²) in [7, 11) is 1.64. The van der Waals surface area contributed by atoms with Gasteiger partial charge < -0.3 is 9.64 Å². The molecule has 0 saturated carbocycles. The van der Waals surface area contributed by atoms with Gasteiger partial charge in [0.15, 0.2) is 5.69 Å². The van der Waals surface area contributed by atoms with E-state index in [2.05, 4.69) is 5.10 Å². The number of carbonyl (C=O) groups excluding carboxylic acids is 1. The van der Waals surface area contributed by atoms with Crippen molar-refractivity contribution in [2.75, 3.05) is 20.2 Å². The number of carbonyl (C=O) groups is 1. The summed E-state index contributed by atoms with van der Waals surface area (Å²) in [6.45, 7) is 3.63. The van der Waals surface area contributed by atoms with E-state index >= 15 is 0 Å². The van der Waals surface area contributed by atoms with E-state index in [0.29, 0.717) is 5.69 Å². The standard InChI is InChI=1S/C17H21N3O2/c1-13-11-16(17(21)19-9-4-3-5-10-19)18-20(13)14-7-6-8-15(12-14)22-2/h6-8,11-12H,3-5,9-10H2,1-2H3. The Hall–Kier alpha value is -2.30. The summed E-state index contributed by atoms with van der Waals surface area (Å²) in [5, 5.41) is 4.50. The number of hydrogen-bond acceptors (Lipinski definition) is 3. The molecule has 0 aliphatic carbocycles. The minimum Gasteiger partial charge on any atom is -0.497 e. The molecule has 2 heterocycles. The monoisotopic (exact) mass is 299 g/mol. The summed E-state index contributed by atoms with van der Waals surface area (Å²) in [6.07, 6.45) is 3.38. The molecule has 1 amide bonds. The number of aryl methyl sites for hydroxylation is 1. The Kier molecular flexibility index (Phi) is 4.13. The van der Waals surface area contributed by atoms with Crippen LogP contribution < -0.4 is 4.74 Å². The number of hydrogen-bond donors (Lipinski definition) is 0. The van der Waals surface area contributed by atoms with Crippen LogP contribution >= 0.6 is 0 Å². The van der Waals surface area contributed by atoms with Crippen molar-refractivity contribution in [3.05, 3.63) is 41.7 Å². The molecule has 1 aliphatic heterocycles. The molecule has 0 spiro atoms. The summed E-state index contributed by atoms with van der Waals surface area (Å²) < 4.78 is 7.04. The smallest absolute Gasteiger partial charge is 0.274 e. The first kappa shape index (κ1) is 14.6. The van der Waals surface area contributed by atoms with Gasteiger partial charge in [0.05, 0.1) is 12.8 Å². The minimum absolute atomic E-state index is 0.0319. The highest BCUT2D eigenvalue weighted by molar-refractivity contribution is 5.92. The molecule has 1 aliphatic rings. The van der Waals surface area contributed by atoms with Gasteiger partial charge in [-0.15, -0.1) is 0 Å². The number of rotatable bonds is 3. The van der Waals surface area contributed by atoms with Crippen molar-refractivity contribution >= 4 is 5.91 Å². The molecule has 22 heavy (non-hydrogen) atoms. The molecule has 0 atom stereocenters. The molecule has 116 valence electrons. The third-order valence-corrected chi connectivity index (χ3v) is 4.05. The lowest BCUT2D eigenvalue weighted by molar-refractivity contribution is 0.0718. The van der Waals surface area contributed by atoms with Crippen LogP contribution in [0.15, 0.2) is 30.3 Å². The number of benzene rings is 1. The Morgan fingerprint density at radius 2 is 1.95 bits per heavy atom. The molecule has 1 aromatic carbocycles. The molecule has 3 rings (SSSR count). The summed E-state index contributed by atoms with van der Waals surface area (Å²) >= 11 is 0. The summed E-state index contributed by atoms with van der Waals surface area (Å²) in [6, 6.07) is 9.53. The molecule has 5 heteroatoms. The fraction of sp³-hybridized carbons (Fsp3) is 0.412. The molecule has 0 N–H and O–H groups in total.